The van der Waals surface area contributed by atoms with E-state index >= 15 is 0 Å². The Morgan fingerprint density at radius 3 is 2.86 bits per heavy atom. The van der Waals surface area contributed by atoms with Crippen LogP contribution in [0.15, 0.2) is 6.33 Å². The van der Waals surface area contributed by atoms with Crippen LogP contribution in [0.4, 0.5) is 0 Å². The predicted octanol–water partition coefficient (Wildman–Crippen LogP) is -0.407. The molecule has 1 N–H and O–H groups in total. The lowest BCUT2D eigenvalue weighted by Crippen LogP contribution is -2.06. The summed E-state index contributed by atoms with van der Waals surface area (Å²) in [6.07, 6.45) is 1.36. The molecule has 6 nitrogen and oxygen atoms in total. The van der Waals surface area contributed by atoms with E-state index in [0.717, 1.165) is 0 Å². The summed E-state index contributed by atoms with van der Waals surface area (Å²) in [5.41, 5.74) is 0.255. The number of nitriles is 2. The van der Waals surface area contributed by atoms with E-state index < -0.39 is 0 Å². The monoisotopic (exact) mass is 192 g/mol. The maximum atomic E-state index is 8.71. The molecule has 0 spiro atoms. The summed E-state index contributed by atoms with van der Waals surface area (Å²) in [7, 11) is 0. The molecule has 0 fully saturated rings. The molecule has 72 valence electrons. The van der Waals surface area contributed by atoms with Crippen LogP contribution in [0.1, 0.15) is 11.4 Å². The van der Waals surface area contributed by atoms with Gasteiger partial charge in [-0.1, -0.05) is 0 Å². The highest BCUT2D eigenvalue weighted by atomic mass is 16.5. The van der Waals surface area contributed by atoms with Gasteiger partial charge in [-0.05, 0) is 0 Å². The molecule has 0 aliphatic heterocycles. The van der Waals surface area contributed by atoms with Gasteiger partial charge >= 0.3 is 0 Å². The highest BCUT2D eigenvalue weighted by molar-refractivity contribution is 5.35. The van der Waals surface area contributed by atoms with Crippen molar-refractivity contribution in [2.45, 2.75) is 6.73 Å². The third-order valence-electron chi connectivity index (χ3n) is 1.52. The van der Waals surface area contributed by atoms with Gasteiger partial charge in [0.15, 0.2) is 11.4 Å². The zero-order valence-corrected chi connectivity index (χ0v) is 7.34. The van der Waals surface area contributed by atoms with Crippen LogP contribution in [0.2, 0.25) is 0 Å². The first-order valence-electron chi connectivity index (χ1n) is 3.87. The van der Waals surface area contributed by atoms with Crippen LogP contribution in [-0.2, 0) is 11.5 Å². The second-order valence-electron chi connectivity index (χ2n) is 2.40. The summed E-state index contributed by atoms with van der Waals surface area (Å²) in [5, 5.41) is 25.7. The fraction of sp³-hybridized carbons (Fsp3) is 0.375. The zero-order valence-electron chi connectivity index (χ0n) is 7.34. The van der Waals surface area contributed by atoms with E-state index in [1.54, 1.807) is 6.07 Å². The fourth-order valence-corrected chi connectivity index (χ4v) is 0.907. The van der Waals surface area contributed by atoms with Crippen LogP contribution < -0.4 is 0 Å². The molecule has 0 saturated carbocycles. The molecule has 6 heteroatoms. The van der Waals surface area contributed by atoms with Crippen molar-refractivity contribution in [2.24, 2.45) is 0 Å². The highest BCUT2D eigenvalue weighted by Gasteiger charge is 2.08. The third-order valence-corrected chi connectivity index (χ3v) is 1.52. The minimum absolute atomic E-state index is 0.0817. The van der Waals surface area contributed by atoms with Crippen LogP contribution in [-0.4, -0.2) is 27.9 Å². The van der Waals surface area contributed by atoms with Crippen molar-refractivity contribution >= 4 is 0 Å². The number of nitrogens with zero attached hydrogens (tertiary/aromatic N) is 4. The number of hydrogen-bond donors (Lipinski definition) is 1. The molecule has 0 atom stereocenters. The molecular formula is C8H8N4O2. The number of ether oxygens (including phenoxy) is 1. The number of aromatic nitrogens is 2. The summed E-state index contributed by atoms with van der Waals surface area (Å²) < 4.78 is 6.39. The quantitative estimate of drug-likeness (QED) is 0.654. The Bertz CT molecular complexity index is 385. The maximum absolute atomic E-state index is 8.71. The molecule has 0 radical (unpaired) electrons. The van der Waals surface area contributed by atoms with Crippen LogP contribution in [0.5, 0.6) is 0 Å². The molecule has 14 heavy (non-hydrogen) atoms. The van der Waals surface area contributed by atoms with Crippen molar-refractivity contribution in [3.05, 3.63) is 17.7 Å². The summed E-state index contributed by atoms with van der Waals surface area (Å²) >= 11 is 0. The Balaban J connectivity index is 2.74. The third kappa shape index (κ3) is 2.07. The second-order valence-corrected chi connectivity index (χ2v) is 2.40. The van der Waals surface area contributed by atoms with Crippen molar-refractivity contribution in [3.63, 3.8) is 0 Å². The zero-order chi connectivity index (χ0) is 10.4. The lowest BCUT2D eigenvalue weighted by molar-refractivity contribution is 0.0477. The van der Waals surface area contributed by atoms with Gasteiger partial charge in [0, 0.05) is 0 Å². The van der Waals surface area contributed by atoms with E-state index in [-0.39, 0.29) is 31.3 Å². The molecule has 0 amide bonds. The van der Waals surface area contributed by atoms with Crippen LogP contribution >= 0.6 is 0 Å². The van der Waals surface area contributed by atoms with Crippen LogP contribution in [0, 0.1) is 22.7 Å². The topological polar surface area (TPSA) is 94.9 Å². The van der Waals surface area contributed by atoms with E-state index in [0.29, 0.717) is 0 Å². The lowest BCUT2D eigenvalue weighted by Gasteiger charge is -2.03. The predicted molar refractivity (Wildman–Crippen MR) is 44.7 cm³/mol. The fourth-order valence-electron chi connectivity index (χ4n) is 0.907. The van der Waals surface area contributed by atoms with Gasteiger partial charge in [-0.25, -0.2) is 4.98 Å². The van der Waals surface area contributed by atoms with Crippen molar-refractivity contribution in [1.82, 2.24) is 9.55 Å². The molecule has 1 aromatic heterocycles. The standard InChI is InChI=1S/C8H8N4O2/c9-3-7-8(4-10)12(5-11-7)6-14-2-1-13/h5,13H,1-2,6H2. The minimum atomic E-state index is -0.0817. The van der Waals surface area contributed by atoms with Gasteiger partial charge in [-0.15, -0.1) is 0 Å². The Labute approximate surface area is 80.6 Å². The Hall–Kier alpha value is -1.89. The maximum Gasteiger partial charge on any atom is 0.176 e. The van der Waals surface area contributed by atoms with Crippen molar-refractivity contribution in [3.8, 4) is 12.1 Å². The molecule has 1 rings (SSSR count). The summed E-state index contributed by atoms with van der Waals surface area (Å²) in [6.45, 7) is 0.213. The van der Waals surface area contributed by atoms with Gasteiger partial charge in [-0.3, -0.25) is 4.57 Å². The number of aliphatic hydroxyl groups excluding tert-OH is 1. The van der Waals surface area contributed by atoms with E-state index in [1.165, 1.54) is 10.9 Å². The normalized spacial score (nSPS) is 9.36. The molecule has 0 aromatic carbocycles. The Morgan fingerprint density at radius 1 is 1.50 bits per heavy atom. The molecule has 0 bridgehead atoms. The Kier molecular flexibility index (Phi) is 3.62. The van der Waals surface area contributed by atoms with E-state index in [1.807, 2.05) is 6.07 Å². The van der Waals surface area contributed by atoms with Gasteiger partial charge in [0.05, 0.1) is 19.5 Å². The molecule has 0 aliphatic rings. The van der Waals surface area contributed by atoms with Crippen molar-refractivity contribution in [1.29, 1.82) is 10.5 Å². The van der Waals surface area contributed by atoms with Crippen molar-refractivity contribution in [2.75, 3.05) is 13.2 Å². The van der Waals surface area contributed by atoms with E-state index in [2.05, 4.69) is 4.98 Å². The van der Waals surface area contributed by atoms with Crippen LogP contribution in [0.3, 0.4) is 0 Å². The highest BCUT2D eigenvalue weighted by Crippen LogP contribution is 2.04. The number of aliphatic hydroxyl groups is 1. The van der Waals surface area contributed by atoms with Crippen LogP contribution in [0.25, 0.3) is 0 Å². The summed E-state index contributed by atoms with van der Waals surface area (Å²) in [4.78, 5) is 3.72. The van der Waals surface area contributed by atoms with Gasteiger partial charge in [0.25, 0.3) is 0 Å². The lowest BCUT2D eigenvalue weighted by atomic mass is 10.4. The van der Waals surface area contributed by atoms with Crippen molar-refractivity contribution < 1.29 is 9.84 Å². The van der Waals surface area contributed by atoms with Gasteiger partial charge in [0.2, 0.25) is 0 Å². The van der Waals surface area contributed by atoms with Gasteiger partial charge in [-0.2, -0.15) is 10.5 Å². The van der Waals surface area contributed by atoms with E-state index in [4.69, 9.17) is 20.4 Å². The van der Waals surface area contributed by atoms with Gasteiger partial charge < -0.3 is 9.84 Å². The largest absolute Gasteiger partial charge is 0.394 e. The first kappa shape index (κ1) is 10.2. The average Bonchev–Trinajstić information content (AvgIpc) is 2.60. The molecule has 1 aromatic rings. The molecule has 1 heterocycles. The molecule has 0 aliphatic carbocycles. The average molecular weight is 192 g/mol. The number of imidazole rings is 1. The molecule has 0 unspecified atom stereocenters. The minimum Gasteiger partial charge on any atom is -0.394 e. The first-order valence-corrected chi connectivity index (χ1v) is 3.87. The number of hydrogen-bond acceptors (Lipinski definition) is 5. The summed E-state index contributed by atoms with van der Waals surface area (Å²) in [6, 6.07) is 3.66. The summed E-state index contributed by atoms with van der Waals surface area (Å²) in [5.74, 6) is 0. The van der Waals surface area contributed by atoms with Gasteiger partial charge in [0.1, 0.15) is 18.9 Å². The first-order chi connectivity index (χ1) is 6.83. The smallest absolute Gasteiger partial charge is 0.176 e. The second kappa shape index (κ2) is 4.97. The molecular weight excluding hydrogens is 184 g/mol. The SMILES string of the molecule is N#Cc1ncn(COCCO)c1C#N. The Morgan fingerprint density at radius 2 is 2.29 bits per heavy atom. The molecule has 0 saturated heterocycles. The number of rotatable bonds is 4. The van der Waals surface area contributed by atoms with E-state index in [9.17, 15) is 0 Å².